The molecule has 0 saturated heterocycles. The molecule has 0 saturated carbocycles. The number of aliphatic imine (C=N–C) groups is 2. The average molecular weight is 716 g/mol. The Labute approximate surface area is 324 Å². The van der Waals surface area contributed by atoms with Gasteiger partial charge in [0.15, 0.2) is 0 Å². The van der Waals surface area contributed by atoms with E-state index < -0.39 is 0 Å². The van der Waals surface area contributed by atoms with Crippen molar-refractivity contribution < 1.29 is 4.74 Å². The second kappa shape index (κ2) is 17.1. The minimum absolute atomic E-state index is 0.686. The number of fused-ring (bicyclic) bond motifs is 3. The molecule has 0 aliphatic heterocycles. The van der Waals surface area contributed by atoms with Crippen LogP contribution < -0.4 is 4.74 Å². The first kappa shape index (κ1) is 35.5. The summed E-state index contributed by atoms with van der Waals surface area (Å²) in [5.41, 5.74) is 11.5. The van der Waals surface area contributed by atoms with Crippen molar-refractivity contribution in [3.8, 4) is 5.75 Å². The molecular weight excluding hydrogens is 671 g/mol. The first-order valence-corrected chi connectivity index (χ1v) is 19.4. The standard InChI is InChI=1S/C51H45N3O/c1-2-3-4-17-34-55-45-30-26-38(27-31-45)37-54-48-35-43(52-50(39-18-9-5-10-19-39)40-20-11-6-12-21-40)28-32-46(48)47-33-29-44(36-49(47)54)53-51(41-22-13-7-14-23-41)42-24-15-8-16-25-42/h5-16,18-33,35-36H,2-4,17,34,37H2,1H3. The highest BCUT2D eigenvalue weighted by atomic mass is 16.5. The molecule has 0 fully saturated rings. The molecule has 0 amide bonds. The van der Waals surface area contributed by atoms with Crippen molar-refractivity contribution >= 4 is 44.6 Å². The van der Waals surface area contributed by atoms with Crippen LogP contribution in [0.2, 0.25) is 0 Å². The molecule has 4 heteroatoms. The normalized spacial score (nSPS) is 11.1. The van der Waals surface area contributed by atoms with Gasteiger partial charge in [0.05, 0.1) is 40.4 Å². The molecular formula is C51H45N3O. The lowest BCUT2D eigenvalue weighted by molar-refractivity contribution is 0.305. The molecule has 0 unspecified atom stereocenters. The highest BCUT2D eigenvalue weighted by molar-refractivity contribution is 6.16. The Morgan fingerprint density at radius 2 is 0.909 bits per heavy atom. The summed E-state index contributed by atoms with van der Waals surface area (Å²) in [7, 11) is 0. The summed E-state index contributed by atoms with van der Waals surface area (Å²) in [5, 5.41) is 2.37. The van der Waals surface area contributed by atoms with Gasteiger partial charge in [-0.25, -0.2) is 9.98 Å². The van der Waals surface area contributed by atoms with Crippen molar-refractivity contribution in [2.45, 2.75) is 39.2 Å². The molecule has 0 radical (unpaired) electrons. The zero-order valence-electron chi connectivity index (χ0n) is 31.3. The van der Waals surface area contributed by atoms with Crippen molar-refractivity contribution in [2.24, 2.45) is 9.98 Å². The maximum absolute atomic E-state index is 6.10. The fourth-order valence-electron chi connectivity index (χ4n) is 7.21. The Bertz CT molecular complexity index is 2300. The van der Waals surface area contributed by atoms with Crippen LogP contribution >= 0.6 is 0 Å². The van der Waals surface area contributed by atoms with Crippen LogP contribution in [-0.4, -0.2) is 22.6 Å². The molecule has 8 aromatic rings. The minimum atomic E-state index is 0.686. The van der Waals surface area contributed by atoms with Gasteiger partial charge in [-0.05, 0) is 48.4 Å². The molecule has 4 nitrogen and oxygen atoms in total. The van der Waals surface area contributed by atoms with Gasteiger partial charge in [-0.3, -0.25) is 0 Å². The summed E-state index contributed by atoms with van der Waals surface area (Å²) in [5.74, 6) is 0.916. The highest BCUT2D eigenvalue weighted by Gasteiger charge is 2.15. The van der Waals surface area contributed by atoms with E-state index in [4.69, 9.17) is 14.7 Å². The van der Waals surface area contributed by atoms with Crippen LogP contribution in [-0.2, 0) is 6.54 Å². The highest BCUT2D eigenvalue weighted by Crippen LogP contribution is 2.35. The van der Waals surface area contributed by atoms with Crippen LogP contribution in [0.25, 0.3) is 21.8 Å². The van der Waals surface area contributed by atoms with E-state index in [9.17, 15) is 0 Å². The number of ether oxygens (including phenoxy) is 1. The van der Waals surface area contributed by atoms with Crippen LogP contribution in [0.4, 0.5) is 11.4 Å². The van der Waals surface area contributed by atoms with Crippen LogP contribution in [0.3, 0.4) is 0 Å². The zero-order chi connectivity index (χ0) is 37.2. The number of hydrogen-bond donors (Lipinski definition) is 0. The van der Waals surface area contributed by atoms with E-state index in [1.807, 2.05) is 24.3 Å². The van der Waals surface area contributed by atoms with Crippen molar-refractivity contribution in [3.05, 3.63) is 210 Å². The minimum Gasteiger partial charge on any atom is -0.494 e. The Morgan fingerprint density at radius 3 is 1.33 bits per heavy atom. The van der Waals surface area contributed by atoms with Gasteiger partial charge in [0.2, 0.25) is 0 Å². The van der Waals surface area contributed by atoms with Gasteiger partial charge in [-0.15, -0.1) is 0 Å². The summed E-state index contributed by atoms with van der Waals surface area (Å²) in [6, 6.07) is 63.5. The fourth-order valence-corrected chi connectivity index (χ4v) is 7.21. The number of rotatable bonds is 14. The fraction of sp³-hybridized carbons (Fsp3) is 0.137. The van der Waals surface area contributed by atoms with E-state index in [1.165, 1.54) is 35.6 Å². The molecule has 0 N–H and O–H groups in total. The molecule has 55 heavy (non-hydrogen) atoms. The quantitative estimate of drug-likeness (QED) is 0.0816. The smallest absolute Gasteiger partial charge is 0.119 e. The van der Waals surface area contributed by atoms with E-state index in [0.29, 0.717) is 6.54 Å². The van der Waals surface area contributed by atoms with Crippen molar-refractivity contribution in [2.75, 3.05) is 6.61 Å². The Kier molecular flexibility index (Phi) is 11.0. The lowest BCUT2D eigenvalue weighted by atomic mass is 10.0. The van der Waals surface area contributed by atoms with E-state index in [1.54, 1.807) is 0 Å². The first-order chi connectivity index (χ1) is 27.2. The van der Waals surface area contributed by atoms with E-state index in [2.05, 4.69) is 169 Å². The maximum atomic E-state index is 6.10. The summed E-state index contributed by atoms with van der Waals surface area (Å²) in [4.78, 5) is 10.6. The Hall–Kier alpha value is -6.52. The Morgan fingerprint density at radius 1 is 0.473 bits per heavy atom. The SMILES string of the molecule is CCCCCCOc1ccc(Cn2c3cc(N=C(c4ccccc4)c4ccccc4)ccc3c3ccc(N=C(c4ccccc4)c4ccccc4)cc32)cc1. The van der Waals surface area contributed by atoms with Gasteiger partial charge in [0, 0.05) is 39.6 Å². The largest absolute Gasteiger partial charge is 0.494 e. The third-order valence-electron chi connectivity index (χ3n) is 10.0. The number of nitrogens with zero attached hydrogens (tertiary/aromatic N) is 3. The summed E-state index contributed by atoms with van der Waals surface area (Å²) in [6.45, 7) is 3.67. The van der Waals surface area contributed by atoms with Gasteiger partial charge in [0.1, 0.15) is 5.75 Å². The summed E-state index contributed by atoms with van der Waals surface area (Å²) < 4.78 is 8.51. The molecule has 1 heterocycles. The van der Waals surface area contributed by atoms with Crippen molar-refractivity contribution in [3.63, 3.8) is 0 Å². The average Bonchev–Trinajstić information content (AvgIpc) is 3.55. The molecule has 270 valence electrons. The summed E-state index contributed by atoms with van der Waals surface area (Å²) >= 11 is 0. The van der Waals surface area contributed by atoms with Gasteiger partial charge in [0.25, 0.3) is 0 Å². The molecule has 8 rings (SSSR count). The number of benzene rings is 7. The zero-order valence-corrected chi connectivity index (χ0v) is 31.3. The lowest BCUT2D eigenvalue weighted by Gasteiger charge is -2.11. The summed E-state index contributed by atoms with van der Waals surface area (Å²) in [6.07, 6.45) is 4.76. The predicted octanol–water partition coefficient (Wildman–Crippen LogP) is 13.1. The van der Waals surface area contributed by atoms with Crippen LogP contribution in [0.1, 0.15) is 60.4 Å². The second-order valence-corrected chi connectivity index (χ2v) is 13.9. The predicted molar refractivity (Wildman–Crippen MR) is 231 cm³/mol. The van der Waals surface area contributed by atoms with Crippen molar-refractivity contribution in [1.29, 1.82) is 0 Å². The lowest BCUT2D eigenvalue weighted by Crippen LogP contribution is -2.03. The molecule has 0 atom stereocenters. The number of aromatic nitrogens is 1. The van der Waals surface area contributed by atoms with E-state index in [-0.39, 0.29) is 0 Å². The molecule has 0 bridgehead atoms. The van der Waals surface area contributed by atoms with E-state index in [0.717, 1.165) is 74.9 Å². The molecule has 7 aromatic carbocycles. The second-order valence-electron chi connectivity index (χ2n) is 13.9. The number of unbranched alkanes of at least 4 members (excludes halogenated alkanes) is 3. The van der Waals surface area contributed by atoms with Crippen LogP contribution in [0.15, 0.2) is 192 Å². The topological polar surface area (TPSA) is 38.9 Å². The number of hydrogen-bond acceptors (Lipinski definition) is 3. The van der Waals surface area contributed by atoms with Gasteiger partial charge < -0.3 is 9.30 Å². The molecule has 1 aromatic heterocycles. The van der Waals surface area contributed by atoms with Crippen LogP contribution in [0.5, 0.6) is 5.75 Å². The van der Waals surface area contributed by atoms with Crippen LogP contribution in [0, 0.1) is 0 Å². The van der Waals surface area contributed by atoms with E-state index >= 15 is 0 Å². The monoisotopic (exact) mass is 715 g/mol. The van der Waals surface area contributed by atoms with Gasteiger partial charge >= 0.3 is 0 Å². The maximum Gasteiger partial charge on any atom is 0.119 e. The third-order valence-corrected chi connectivity index (χ3v) is 10.0. The first-order valence-electron chi connectivity index (χ1n) is 19.4. The third kappa shape index (κ3) is 8.35. The Balaban J connectivity index is 1.24. The molecule has 0 spiro atoms. The molecule has 0 aliphatic rings. The van der Waals surface area contributed by atoms with Gasteiger partial charge in [-0.2, -0.15) is 0 Å². The molecule has 0 aliphatic carbocycles. The van der Waals surface area contributed by atoms with Gasteiger partial charge in [-0.1, -0.05) is 172 Å². The van der Waals surface area contributed by atoms with Crippen molar-refractivity contribution in [1.82, 2.24) is 4.57 Å².